The largest absolute Gasteiger partial charge is 0.478 e. The summed E-state index contributed by atoms with van der Waals surface area (Å²) in [4.78, 5) is 18.3. The van der Waals surface area contributed by atoms with Gasteiger partial charge in [-0.3, -0.25) is 4.98 Å². The van der Waals surface area contributed by atoms with Crippen LogP contribution in [0.3, 0.4) is 0 Å². The molecular weight excluding hydrogens is 448 g/mol. The summed E-state index contributed by atoms with van der Waals surface area (Å²) in [5.41, 5.74) is 5.07. The number of furan rings is 1. The van der Waals surface area contributed by atoms with Gasteiger partial charge in [0.2, 0.25) is 0 Å². The lowest BCUT2D eigenvalue weighted by Crippen LogP contribution is -2.29. The van der Waals surface area contributed by atoms with Crippen molar-refractivity contribution >= 4 is 23.3 Å². The Kier molecular flexibility index (Phi) is 5.67. The van der Waals surface area contributed by atoms with E-state index in [1.165, 1.54) is 0 Å². The lowest BCUT2D eigenvalue weighted by atomic mass is 9.96. The highest BCUT2D eigenvalue weighted by Crippen LogP contribution is 2.42. The van der Waals surface area contributed by atoms with Crippen molar-refractivity contribution in [2.75, 3.05) is 0 Å². The number of nitrogens with one attached hydrogen (secondary N) is 1. The smallest absolute Gasteiger partial charge is 0.335 e. The predicted molar refractivity (Wildman–Crippen MR) is 132 cm³/mol. The van der Waals surface area contributed by atoms with Crippen molar-refractivity contribution in [2.24, 2.45) is 0 Å². The van der Waals surface area contributed by atoms with Crippen LogP contribution < -0.4 is 5.32 Å². The molecule has 172 valence electrons. The molecule has 4 aromatic rings. The van der Waals surface area contributed by atoms with Crippen LogP contribution in [0.5, 0.6) is 0 Å². The minimum Gasteiger partial charge on any atom is -0.478 e. The third-order valence-corrected chi connectivity index (χ3v) is 6.60. The first-order valence-corrected chi connectivity index (χ1v) is 11.4. The average Bonchev–Trinajstić information content (AvgIpc) is 3.53. The zero-order chi connectivity index (χ0) is 23.8. The molecular formula is C26H24N4O3S. The number of hydrogen-bond donors (Lipinski definition) is 2. The fraction of sp³-hybridized carbons (Fsp3) is 0.192. The number of aromatic nitrogens is 2. The molecule has 1 fully saturated rings. The SMILES string of the molecule is Cc1cc([C@H]2[C@H](c3ccccn3)NC(=S)N2Cc2ccco2)c(C)n1-c1cccc(C(=O)O)c1. The van der Waals surface area contributed by atoms with E-state index in [1.54, 1.807) is 30.7 Å². The normalized spacial score (nSPS) is 17.7. The van der Waals surface area contributed by atoms with E-state index >= 15 is 0 Å². The van der Waals surface area contributed by atoms with Gasteiger partial charge in [0, 0.05) is 23.3 Å². The molecule has 1 saturated heterocycles. The van der Waals surface area contributed by atoms with Crippen molar-refractivity contribution in [1.29, 1.82) is 0 Å². The monoisotopic (exact) mass is 472 g/mol. The summed E-state index contributed by atoms with van der Waals surface area (Å²) < 4.78 is 7.71. The van der Waals surface area contributed by atoms with Crippen molar-refractivity contribution in [3.05, 3.63) is 107 Å². The van der Waals surface area contributed by atoms with Gasteiger partial charge in [-0.2, -0.15) is 0 Å². The van der Waals surface area contributed by atoms with Crippen molar-refractivity contribution in [2.45, 2.75) is 32.5 Å². The predicted octanol–water partition coefficient (Wildman–Crippen LogP) is 4.95. The van der Waals surface area contributed by atoms with Crippen LogP contribution in [0.25, 0.3) is 5.69 Å². The van der Waals surface area contributed by atoms with Crippen molar-refractivity contribution in [3.8, 4) is 5.69 Å². The van der Waals surface area contributed by atoms with Gasteiger partial charge in [0.25, 0.3) is 0 Å². The van der Waals surface area contributed by atoms with Gasteiger partial charge in [0.1, 0.15) is 5.76 Å². The number of nitrogens with zero attached hydrogens (tertiary/aromatic N) is 3. The number of carboxylic acids is 1. The molecule has 8 heteroatoms. The summed E-state index contributed by atoms with van der Waals surface area (Å²) in [5, 5.41) is 13.6. The van der Waals surface area contributed by atoms with Crippen LogP contribution in [0.15, 0.2) is 77.5 Å². The Bertz CT molecular complexity index is 1350. The van der Waals surface area contributed by atoms with E-state index in [4.69, 9.17) is 16.6 Å². The topological polar surface area (TPSA) is 83.5 Å². The Hall–Kier alpha value is -3.91. The molecule has 0 spiro atoms. The molecule has 2 N–H and O–H groups in total. The third kappa shape index (κ3) is 3.86. The minimum absolute atomic E-state index is 0.130. The van der Waals surface area contributed by atoms with E-state index in [-0.39, 0.29) is 17.6 Å². The molecule has 1 aromatic carbocycles. The Morgan fingerprint density at radius 3 is 2.71 bits per heavy atom. The summed E-state index contributed by atoms with van der Waals surface area (Å²) in [6, 6.07) is 18.5. The Labute approximate surface area is 202 Å². The number of pyridine rings is 1. The summed E-state index contributed by atoms with van der Waals surface area (Å²) in [6.07, 6.45) is 3.45. The van der Waals surface area contributed by atoms with Gasteiger partial charge < -0.3 is 24.3 Å². The maximum atomic E-state index is 11.5. The van der Waals surface area contributed by atoms with Crippen LogP contribution in [0, 0.1) is 13.8 Å². The lowest BCUT2D eigenvalue weighted by Gasteiger charge is -2.27. The van der Waals surface area contributed by atoms with E-state index < -0.39 is 5.97 Å². The number of rotatable bonds is 6. The second-order valence-electron chi connectivity index (χ2n) is 8.35. The molecule has 1 aliphatic rings. The quantitative estimate of drug-likeness (QED) is 0.384. The molecule has 3 aromatic heterocycles. The van der Waals surface area contributed by atoms with Crippen LogP contribution in [-0.2, 0) is 6.54 Å². The number of thiocarbonyl (C=S) groups is 1. The van der Waals surface area contributed by atoms with Crippen molar-refractivity contribution in [1.82, 2.24) is 19.8 Å². The number of aryl methyl sites for hydroxylation is 1. The van der Waals surface area contributed by atoms with Crippen molar-refractivity contribution in [3.63, 3.8) is 0 Å². The van der Waals surface area contributed by atoms with Crippen molar-refractivity contribution < 1.29 is 14.3 Å². The zero-order valence-electron chi connectivity index (χ0n) is 18.8. The van der Waals surface area contributed by atoms with E-state index in [2.05, 4.69) is 32.8 Å². The molecule has 34 heavy (non-hydrogen) atoms. The van der Waals surface area contributed by atoms with Crippen LogP contribution in [0.4, 0.5) is 0 Å². The zero-order valence-corrected chi connectivity index (χ0v) is 19.6. The Morgan fingerprint density at radius 2 is 2.00 bits per heavy atom. The molecule has 0 radical (unpaired) electrons. The van der Waals surface area contributed by atoms with E-state index in [0.29, 0.717) is 11.7 Å². The number of carboxylic acid groups (broad SMARTS) is 1. The summed E-state index contributed by atoms with van der Waals surface area (Å²) in [5.74, 6) is -0.131. The molecule has 0 bridgehead atoms. The van der Waals surface area contributed by atoms with Crippen LogP contribution >= 0.6 is 12.2 Å². The minimum atomic E-state index is -0.949. The average molecular weight is 473 g/mol. The fourth-order valence-electron chi connectivity index (χ4n) is 4.75. The van der Waals surface area contributed by atoms with Gasteiger partial charge >= 0.3 is 5.97 Å². The highest BCUT2D eigenvalue weighted by Gasteiger charge is 2.41. The number of carbonyl (C=O) groups is 1. The first-order valence-electron chi connectivity index (χ1n) is 11.0. The summed E-state index contributed by atoms with van der Waals surface area (Å²) in [6.45, 7) is 4.60. The molecule has 5 rings (SSSR count). The van der Waals surface area contributed by atoms with E-state index in [1.807, 2.05) is 43.3 Å². The first-order chi connectivity index (χ1) is 16.4. The number of aromatic carboxylic acids is 1. The van der Waals surface area contributed by atoms with E-state index in [0.717, 1.165) is 34.1 Å². The summed E-state index contributed by atoms with van der Waals surface area (Å²) >= 11 is 5.76. The van der Waals surface area contributed by atoms with Gasteiger partial charge in [0.05, 0.1) is 36.1 Å². The maximum absolute atomic E-state index is 11.5. The Morgan fingerprint density at radius 1 is 1.15 bits per heavy atom. The molecule has 1 aliphatic heterocycles. The molecule has 4 heterocycles. The van der Waals surface area contributed by atoms with Crippen LogP contribution in [0.2, 0.25) is 0 Å². The maximum Gasteiger partial charge on any atom is 0.335 e. The molecule has 0 amide bonds. The third-order valence-electron chi connectivity index (χ3n) is 6.24. The highest BCUT2D eigenvalue weighted by atomic mass is 32.1. The van der Waals surface area contributed by atoms with Gasteiger partial charge in [-0.15, -0.1) is 0 Å². The lowest BCUT2D eigenvalue weighted by molar-refractivity contribution is 0.0697. The van der Waals surface area contributed by atoms with Crippen LogP contribution in [-0.4, -0.2) is 30.6 Å². The van der Waals surface area contributed by atoms with Gasteiger partial charge in [0.15, 0.2) is 5.11 Å². The molecule has 0 saturated carbocycles. The standard InChI is InChI=1S/C26H24N4O3S/c1-16-13-21(17(2)30(16)19-8-5-7-18(14-19)25(31)32)24-23(22-10-3-4-11-27-22)28-26(34)29(24)15-20-9-6-12-33-20/h3-14,23-24H,15H2,1-2H3,(H,28,34)(H,31,32)/t23-,24-/m0/s1. The van der Waals surface area contributed by atoms with Crippen LogP contribution in [0.1, 0.15) is 50.8 Å². The molecule has 0 unspecified atom stereocenters. The Balaban J connectivity index is 1.62. The van der Waals surface area contributed by atoms with Gasteiger partial charge in [-0.1, -0.05) is 12.1 Å². The molecule has 0 aliphatic carbocycles. The molecule has 2 atom stereocenters. The fourth-order valence-corrected chi connectivity index (χ4v) is 5.05. The van der Waals surface area contributed by atoms with E-state index in [9.17, 15) is 9.90 Å². The van der Waals surface area contributed by atoms with Gasteiger partial charge in [-0.05, 0) is 80.2 Å². The molecule has 7 nitrogen and oxygen atoms in total. The second kappa shape index (κ2) is 8.79. The highest BCUT2D eigenvalue weighted by molar-refractivity contribution is 7.80. The number of benzene rings is 1. The number of hydrogen-bond acceptors (Lipinski definition) is 4. The first kappa shape index (κ1) is 21.9. The second-order valence-corrected chi connectivity index (χ2v) is 8.74. The van der Waals surface area contributed by atoms with Gasteiger partial charge in [-0.25, -0.2) is 4.79 Å². The summed E-state index contributed by atoms with van der Waals surface area (Å²) in [7, 11) is 0.